The van der Waals surface area contributed by atoms with Gasteiger partial charge >= 0.3 is 10.1 Å². The zero-order valence-corrected chi connectivity index (χ0v) is 21.9. The predicted molar refractivity (Wildman–Crippen MR) is 135 cm³/mol. The van der Waals surface area contributed by atoms with Crippen LogP contribution >= 0.6 is 10.3 Å². The number of hydrogen-bond acceptors (Lipinski definition) is 3. The lowest BCUT2D eigenvalue weighted by atomic mass is 9.99. The topological polar surface area (TPSA) is 43.4 Å². The Kier molecular flexibility index (Phi) is 7.96. The highest BCUT2D eigenvalue weighted by Gasteiger charge is 2.42. The summed E-state index contributed by atoms with van der Waals surface area (Å²) in [5.74, 6) is -12.0. The van der Waals surface area contributed by atoms with Gasteiger partial charge in [0, 0.05) is 14.7 Å². The van der Waals surface area contributed by atoms with Crippen molar-refractivity contribution in [3.63, 3.8) is 0 Å². The molecule has 0 aliphatic rings. The van der Waals surface area contributed by atoms with Crippen LogP contribution in [-0.4, -0.2) is 8.42 Å². The van der Waals surface area contributed by atoms with Crippen molar-refractivity contribution in [3.8, 4) is 0 Å². The first kappa shape index (κ1) is 27.8. The van der Waals surface area contributed by atoms with Crippen molar-refractivity contribution in [3.05, 3.63) is 120 Å². The van der Waals surface area contributed by atoms with E-state index < -0.39 is 54.4 Å². The van der Waals surface area contributed by atoms with Crippen LogP contribution in [0, 0.1) is 29.1 Å². The van der Waals surface area contributed by atoms with Gasteiger partial charge in [0.25, 0.3) is 0 Å². The second kappa shape index (κ2) is 10.9. The highest BCUT2D eigenvalue weighted by molar-refractivity contribution is 8.33. The lowest BCUT2D eigenvalue weighted by Crippen LogP contribution is -2.19. The lowest BCUT2D eigenvalue weighted by Gasteiger charge is -2.39. The van der Waals surface area contributed by atoms with Crippen LogP contribution in [-0.2, 0) is 13.7 Å². The molecule has 0 saturated carbocycles. The first-order chi connectivity index (χ1) is 18.0. The molecule has 0 aliphatic heterocycles. The lowest BCUT2D eigenvalue weighted by molar-refractivity contribution is 0.354. The summed E-state index contributed by atoms with van der Waals surface area (Å²) >= 11 is 0. The van der Waals surface area contributed by atoms with E-state index >= 15 is 0 Å². The molecule has 0 radical (unpaired) electrons. The maximum absolute atomic E-state index is 14.7. The number of hydrogen-bond donors (Lipinski definition) is 0. The molecule has 0 heterocycles. The molecular weight excluding hydrogens is 543 g/mol. The Morgan fingerprint density at radius 3 is 1.45 bits per heavy atom. The summed E-state index contributed by atoms with van der Waals surface area (Å²) in [5.41, 5.74) is 0.966. The molecule has 0 aliphatic carbocycles. The summed E-state index contributed by atoms with van der Waals surface area (Å²) in [4.78, 5) is -1.05. The van der Waals surface area contributed by atoms with Crippen LogP contribution in [0.15, 0.2) is 105 Å². The van der Waals surface area contributed by atoms with E-state index in [1.807, 2.05) is 13.8 Å². The van der Waals surface area contributed by atoms with Crippen molar-refractivity contribution in [1.82, 2.24) is 0 Å². The third-order valence-corrected chi connectivity index (χ3v) is 11.4. The second-order valence-corrected chi connectivity index (χ2v) is 12.9. The molecule has 4 rings (SSSR count). The van der Waals surface area contributed by atoms with Gasteiger partial charge < -0.3 is 0 Å². The van der Waals surface area contributed by atoms with E-state index in [2.05, 4.69) is 0 Å². The van der Waals surface area contributed by atoms with Crippen LogP contribution in [0.2, 0.25) is 0 Å². The maximum atomic E-state index is 14.7. The Balaban J connectivity index is 2.04. The first-order valence-corrected chi connectivity index (χ1v) is 14.5. The van der Waals surface area contributed by atoms with E-state index in [0.29, 0.717) is 14.7 Å². The molecule has 0 fully saturated rings. The molecule has 0 amide bonds. The molecule has 1 unspecified atom stereocenters. The minimum Gasteiger partial charge on any atom is -0.203 e. The van der Waals surface area contributed by atoms with Gasteiger partial charge in [-0.15, -0.1) is 0 Å². The molecular formula is C28H23F5O3S2. The average molecular weight is 567 g/mol. The fraction of sp³-hybridized carbons (Fsp3) is 0.143. The zero-order valence-electron chi connectivity index (χ0n) is 20.3. The Bertz CT molecular complexity index is 1480. The maximum Gasteiger partial charge on any atom is 0.313 e. The van der Waals surface area contributed by atoms with E-state index in [4.69, 9.17) is 3.63 Å². The molecule has 4 aromatic rings. The van der Waals surface area contributed by atoms with Crippen LogP contribution in [0.25, 0.3) is 0 Å². The predicted octanol–water partition coefficient (Wildman–Crippen LogP) is 8.50. The van der Waals surface area contributed by atoms with E-state index in [9.17, 15) is 30.4 Å². The summed E-state index contributed by atoms with van der Waals surface area (Å²) in [7, 11) is -8.89. The molecule has 1 atom stereocenters. The van der Waals surface area contributed by atoms with Crippen molar-refractivity contribution in [1.29, 1.82) is 0 Å². The highest BCUT2D eigenvalue weighted by Crippen LogP contribution is 2.70. The van der Waals surface area contributed by atoms with Gasteiger partial charge in [-0.25, -0.2) is 25.6 Å². The van der Waals surface area contributed by atoms with Crippen LogP contribution < -0.4 is 0 Å². The molecule has 4 aromatic carbocycles. The van der Waals surface area contributed by atoms with Gasteiger partial charge in [-0.1, -0.05) is 62.4 Å². The smallest absolute Gasteiger partial charge is 0.203 e. The fourth-order valence-electron chi connectivity index (χ4n) is 3.95. The number of rotatable bonds is 8. The van der Waals surface area contributed by atoms with E-state index in [0.717, 1.165) is 12.0 Å². The Labute approximate surface area is 219 Å². The number of halogens is 5. The molecule has 0 aromatic heterocycles. The van der Waals surface area contributed by atoms with Crippen LogP contribution in [0.3, 0.4) is 0 Å². The minimum absolute atomic E-state index is 0.194. The summed E-state index contributed by atoms with van der Waals surface area (Å²) in [5, 5.41) is 0. The van der Waals surface area contributed by atoms with Crippen molar-refractivity contribution < 1.29 is 34.0 Å². The Morgan fingerprint density at radius 1 is 0.632 bits per heavy atom. The van der Waals surface area contributed by atoms with E-state index in [1.165, 1.54) is 0 Å². The zero-order chi connectivity index (χ0) is 27.7. The van der Waals surface area contributed by atoms with Crippen molar-refractivity contribution in [2.45, 2.75) is 45.8 Å². The van der Waals surface area contributed by atoms with Gasteiger partial charge in [-0.2, -0.15) is 8.42 Å². The fourth-order valence-corrected chi connectivity index (χ4v) is 9.27. The van der Waals surface area contributed by atoms with Gasteiger partial charge in [0.05, 0.1) is 0 Å². The van der Waals surface area contributed by atoms with Crippen LogP contribution in [0.1, 0.15) is 31.7 Å². The molecule has 0 N–H and O–H groups in total. The second-order valence-electron chi connectivity index (χ2n) is 8.48. The summed E-state index contributed by atoms with van der Waals surface area (Å²) < 4.78 is 104. The number of benzene rings is 4. The van der Waals surface area contributed by atoms with Gasteiger partial charge in [-0.05, 0) is 64.6 Å². The van der Waals surface area contributed by atoms with Crippen molar-refractivity contribution in [2.24, 2.45) is 0 Å². The summed E-state index contributed by atoms with van der Waals surface area (Å²) in [6.45, 7) is 4.04. The van der Waals surface area contributed by atoms with E-state index in [1.54, 1.807) is 84.9 Å². The normalized spacial score (nSPS) is 13.3. The molecule has 0 bridgehead atoms. The minimum atomic E-state index is -5.58. The molecule has 10 heteroatoms. The van der Waals surface area contributed by atoms with Crippen LogP contribution in [0.4, 0.5) is 22.0 Å². The molecule has 200 valence electrons. The third-order valence-electron chi connectivity index (χ3n) is 6.15. The van der Waals surface area contributed by atoms with Gasteiger partial charge in [-0.3, -0.25) is 0 Å². The molecule has 0 spiro atoms. The van der Waals surface area contributed by atoms with Crippen molar-refractivity contribution >= 4 is 20.4 Å². The van der Waals surface area contributed by atoms with Crippen LogP contribution in [0.5, 0.6) is 0 Å². The monoisotopic (exact) mass is 566 g/mol. The Morgan fingerprint density at radius 2 is 1.03 bits per heavy atom. The standard InChI is InChI=1S/C28H23F5O3S2/c1-3-18(2)19-14-16-22(17-15-19)37(20-10-6-4-7-11-20,21-12-8-5-9-13-21)36-38(34,35)28-26(32)24(30)23(29)25(31)27(28)33/h4-18H,3H2,1-2H3. The van der Waals surface area contributed by atoms with Crippen molar-refractivity contribution in [2.75, 3.05) is 0 Å². The molecule has 38 heavy (non-hydrogen) atoms. The third kappa shape index (κ3) is 4.83. The summed E-state index contributed by atoms with van der Waals surface area (Å²) in [6.07, 6.45) is 0.847. The Hall–Kier alpha value is -3.21. The van der Waals surface area contributed by atoms with Gasteiger partial charge in [0.2, 0.25) is 5.82 Å². The highest BCUT2D eigenvalue weighted by atomic mass is 32.3. The SMILES string of the molecule is CCC(C)c1ccc(S(OS(=O)(=O)c2c(F)c(F)c(F)c(F)c2F)(c2ccccc2)c2ccccc2)cc1. The average Bonchev–Trinajstić information content (AvgIpc) is 2.94. The van der Waals surface area contributed by atoms with Gasteiger partial charge in [0.1, 0.15) is 0 Å². The largest absolute Gasteiger partial charge is 0.313 e. The molecule has 3 nitrogen and oxygen atoms in total. The van der Waals surface area contributed by atoms with E-state index in [-0.39, 0.29) is 5.92 Å². The molecule has 0 saturated heterocycles. The first-order valence-electron chi connectivity index (χ1n) is 11.6. The van der Waals surface area contributed by atoms with Gasteiger partial charge in [0.15, 0.2) is 28.2 Å². The summed E-state index contributed by atoms with van der Waals surface area (Å²) in [6, 6.07) is 23.1. The quantitative estimate of drug-likeness (QED) is 0.122.